The smallest absolute Gasteiger partial charge is 0.0860 e. The first kappa shape index (κ1) is 13.2. The van der Waals surface area contributed by atoms with Gasteiger partial charge in [0.2, 0.25) is 0 Å². The van der Waals surface area contributed by atoms with E-state index in [1.54, 1.807) is 0 Å². The molecule has 0 unspecified atom stereocenters. The zero-order chi connectivity index (χ0) is 12.5. The van der Waals surface area contributed by atoms with Crippen LogP contribution in [0, 0.1) is 12.3 Å². The van der Waals surface area contributed by atoms with Gasteiger partial charge in [-0.2, -0.15) is 5.10 Å². The third kappa shape index (κ3) is 2.95. The summed E-state index contributed by atoms with van der Waals surface area (Å²) in [6.45, 7) is 3.74. The molecule has 3 nitrogen and oxygen atoms in total. The average molecular weight is 276 g/mol. The summed E-state index contributed by atoms with van der Waals surface area (Å²) in [6.07, 6.45) is 3.70. The molecule has 96 valence electrons. The standard InChI is InChI=1S/C12H19Cl2N3/c1-9-11(14)10(17(2)16-9)7-15-8-12(3-4-12)5-6-13/h15H,3-8H2,1-2H3. The number of hydrogen-bond donors (Lipinski definition) is 1. The van der Waals surface area contributed by atoms with E-state index in [0.717, 1.165) is 41.8 Å². The Morgan fingerprint density at radius 1 is 1.47 bits per heavy atom. The van der Waals surface area contributed by atoms with E-state index in [0.29, 0.717) is 5.41 Å². The van der Waals surface area contributed by atoms with Crippen LogP contribution in [0.5, 0.6) is 0 Å². The number of alkyl halides is 1. The fourth-order valence-corrected chi connectivity index (χ4v) is 2.84. The molecule has 1 aliphatic rings. The molecule has 0 saturated heterocycles. The van der Waals surface area contributed by atoms with Crippen LogP contribution in [0.4, 0.5) is 0 Å². The van der Waals surface area contributed by atoms with Crippen molar-refractivity contribution in [1.82, 2.24) is 15.1 Å². The predicted molar refractivity (Wildman–Crippen MR) is 71.7 cm³/mol. The molecule has 1 saturated carbocycles. The molecule has 5 heteroatoms. The number of halogens is 2. The van der Waals surface area contributed by atoms with Crippen molar-refractivity contribution in [3.8, 4) is 0 Å². The van der Waals surface area contributed by atoms with Gasteiger partial charge < -0.3 is 5.32 Å². The Hall–Kier alpha value is -0.250. The molecule has 1 aromatic heterocycles. The minimum Gasteiger partial charge on any atom is -0.311 e. The summed E-state index contributed by atoms with van der Waals surface area (Å²) in [6, 6.07) is 0. The van der Waals surface area contributed by atoms with Gasteiger partial charge in [0.1, 0.15) is 0 Å². The van der Waals surface area contributed by atoms with Gasteiger partial charge in [0.15, 0.2) is 0 Å². The summed E-state index contributed by atoms with van der Waals surface area (Å²) in [5.41, 5.74) is 2.42. The summed E-state index contributed by atoms with van der Waals surface area (Å²) in [5, 5.41) is 8.56. The number of rotatable bonds is 6. The van der Waals surface area contributed by atoms with E-state index in [1.165, 1.54) is 12.8 Å². The number of aryl methyl sites for hydroxylation is 2. The molecule has 0 amide bonds. The second-order valence-corrected chi connectivity index (χ2v) is 5.77. The highest BCUT2D eigenvalue weighted by atomic mass is 35.5. The summed E-state index contributed by atoms with van der Waals surface area (Å²) < 4.78 is 1.85. The summed E-state index contributed by atoms with van der Waals surface area (Å²) >= 11 is 12.0. The van der Waals surface area contributed by atoms with Gasteiger partial charge in [0.25, 0.3) is 0 Å². The van der Waals surface area contributed by atoms with E-state index in [4.69, 9.17) is 23.2 Å². The van der Waals surface area contributed by atoms with Crippen molar-refractivity contribution in [2.75, 3.05) is 12.4 Å². The summed E-state index contributed by atoms with van der Waals surface area (Å²) in [7, 11) is 1.93. The molecule has 1 heterocycles. The fourth-order valence-electron chi connectivity index (χ4n) is 2.21. The van der Waals surface area contributed by atoms with Gasteiger partial charge >= 0.3 is 0 Å². The Labute approximate surface area is 112 Å². The molecule has 0 bridgehead atoms. The second kappa shape index (κ2) is 5.17. The SMILES string of the molecule is Cc1nn(C)c(CNCC2(CCCl)CC2)c1Cl. The van der Waals surface area contributed by atoms with E-state index in [1.807, 2.05) is 18.7 Å². The number of aromatic nitrogens is 2. The molecule has 0 aliphatic heterocycles. The molecule has 0 radical (unpaired) electrons. The maximum Gasteiger partial charge on any atom is 0.0860 e. The lowest BCUT2D eigenvalue weighted by atomic mass is 10.0. The van der Waals surface area contributed by atoms with E-state index in [9.17, 15) is 0 Å². The van der Waals surface area contributed by atoms with Gasteiger partial charge in [0.05, 0.1) is 16.4 Å². The number of nitrogens with one attached hydrogen (secondary N) is 1. The largest absolute Gasteiger partial charge is 0.311 e. The van der Waals surface area contributed by atoms with Crippen LogP contribution < -0.4 is 5.32 Å². The molecular formula is C12H19Cl2N3. The van der Waals surface area contributed by atoms with E-state index in [-0.39, 0.29) is 0 Å². The molecule has 2 rings (SSSR count). The normalized spacial score (nSPS) is 17.4. The van der Waals surface area contributed by atoms with E-state index in [2.05, 4.69) is 10.4 Å². The summed E-state index contributed by atoms with van der Waals surface area (Å²) in [5.74, 6) is 0.757. The molecule has 1 N–H and O–H groups in total. The first-order valence-electron chi connectivity index (χ1n) is 6.03. The van der Waals surface area contributed by atoms with Crippen molar-refractivity contribution < 1.29 is 0 Å². The van der Waals surface area contributed by atoms with E-state index >= 15 is 0 Å². The van der Waals surface area contributed by atoms with Crippen LogP contribution in [0.3, 0.4) is 0 Å². The topological polar surface area (TPSA) is 29.9 Å². The Balaban J connectivity index is 1.86. The predicted octanol–water partition coefficient (Wildman–Crippen LogP) is 2.88. The fraction of sp³-hybridized carbons (Fsp3) is 0.750. The van der Waals surface area contributed by atoms with Crippen LogP contribution in [0.15, 0.2) is 0 Å². The molecule has 17 heavy (non-hydrogen) atoms. The van der Waals surface area contributed by atoms with Crippen LogP contribution in [0.2, 0.25) is 5.02 Å². The second-order valence-electron chi connectivity index (χ2n) is 5.01. The van der Waals surface area contributed by atoms with Crippen molar-refractivity contribution in [3.63, 3.8) is 0 Å². The molecule has 1 aliphatic carbocycles. The van der Waals surface area contributed by atoms with Gasteiger partial charge in [-0.1, -0.05) is 11.6 Å². The minimum absolute atomic E-state index is 0.460. The summed E-state index contributed by atoms with van der Waals surface area (Å²) in [4.78, 5) is 0. The van der Waals surface area contributed by atoms with Gasteiger partial charge in [0, 0.05) is 26.0 Å². The number of hydrogen-bond acceptors (Lipinski definition) is 2. The minimum atomic E-state index is 0.460. The highest BCUT2D eigenvalue weighted by Crippen LogP contribution is 2.48. The van der Waals surface area contributed by atoms with E-state index < -0.39 is 0 Å². The van der Waals surface area contributed by atoms with Gasteiger partial charge in [-0.05, 0) is 31.6 Å². The maximum absolute atomic E-state index is 6.20. The van der Waals surface area contributed by atoms with Crippen LogP contribution in [-0.4, -0.2) is 22.2 Å². The zero-order valence-electron chi connectivity index (χ0n) is 10.4. The Bertz CT molecular complexity index is 397. The first-order chi connectivity index (χ1) is 8.08. The number of nitrogens with zero attached hydrogens (tertiary/aromatic N) is 2. The van der Waals surface area contributed by atoms with Crippen LogP contribution in [0.1, 0.15) is 30.7 Å². The first-order valence-corrected chi connectivity index (χ1v) is 6.94. The maximum atomic E-state index is 6.20. The Kier molecular flexibility index (Phi) is 4.01. The lowest BCUT2D eigenvalue weighted by molar-refractivity contribution is 0.440. The molecular weight excluding hydrogens is 257 g/mol. The third-order valence-electron chi connectivity index (χ3n) is 3.64. The van der Waals surface area contributed by atoms with Crippen molar-refractivity contribution in [2.24, 2.45) is 12.5 Å². The van der Waals surface area contributed by atoms with Gasteiger partial charge in [-0.15, -0.1) is 11.6 Å². The Morgan fingerprint density at radius 3 is 2.65 bits per heavy atom. The molecule has 0 spiro atoms. The molecule has 1 aromatic rings. The molecule has 0 aromatic carbocycles. The molecule has 1 fully saturated rings. The van der Waals surface area contributed by atoms with Crippen LogP contribution in [-0.2, 0) is 13.6 Å². The van der Waals surface area contributed by atoms with Crippen molar-refractivity contribution in [3.05, 3.63) is 16.4 Å². The third-order valence-corrected chi connectivity index (χ3v) is 4.32. The molecule has 0 atom stereocenters. The highest BCUT2D eigenvalue weighted by molar-refractivity contribution is 6.31. The zero-order valence-corrected chi connectivity index (χ0v) is 11.9. The van der Waals surface area contributed by atoms with Gasteiger partial charge in [-0.25, -0.2) is 0 Å². The monoisotopic (exact) mass is 275 g/mol. The average Bonchev–Trinajstić information content (AvgIpc) is 2.99. The van der Waals surface area contributed by atoms with Gasteiger partial charge in [-0.3, -0.25) is 4.68 Å². The highest BCUT2D eigenvalue weighted by Gasteiger charge is 2.41. The van der Waals surface area contributed by atoms with Crippen LogP contribution >= 0.6 is 23.2 Å². The Morgan fingerprint density at radius 2 is 2.18 bits per heavy atom. The lowest BCUT2D eigenvalue weighted by Crippen LogP contribution is -2.25. The van der Waals surface area contributed by atoms with Crippen molar-refractivity contribution in [1.29, 1.82) is 0 Å². The van der Waals surface area contributed by atoms with Crippen molar-refractivity contribution >= 4 is 23.2 Å². The van der Waals surface area contributed by atoms with Crippen molar-refractivity contribution in [2.45, 2.75) is 32.7 Å². The quantitative estimate of drug-likeness (QED) is 0.810. The lowest BCUT2D eigenvalue weighted by Gasteiger charge is -2.14. The van der Waals surface area contributed by atoms with Crippen LogP contribution in [0.25, 0.3) is 0 Å².